The molecule has 1 aromatic carbocycles. The molecule has 0 saturated heterocycles. The van der Waals surface area contributed by atoms with E-state index in [0.29, 0.717) is 5.39 Å². The Morgan fingerprint density at radius 1 is 1.56 bits per heavy atom. The number of carbonyl (C=O) groups is 1. The van der Waals surface area contributed by atoms with Crippen molar-refractivity contribution in [2.75, 3.05) is 12.3 Å². The van der Waals surface area contributed by atoms with Crippen LogP contribution in [-0.2, 0) is 4.74 Å². The zero-order chi connectivity index (χ0) is 11.7. The summed E-state index contributed by atoms with van der Waals surface area (Å²) in [7, 11) is 0. The molecule has 0 radical (unpaired) electrons. The number of benzene rings is 1. The minimum Gasteiger partial charge on any atom is -0.460 e. The molecule has 0 saturated carbocycles. The number of fused-ring (bicyclic) bond motifs is 1. The number of hydrogen-bond donors (Lipinski definition) is 1. The highest BCUT2D eigenvalue weighted by molar-refractivity contribution is 6.03. The van der Waals surface area contributed by atoms with Gasteiger partial charge in [0.25, 0.3) is 0 Å². The third kappa shape index (κ3) is 1.60. The molecule has 0 unspecified atom stereocenters. The standard InChI is InChI=1S/C11H10FNO3/c1-2-15-11(14)10-9(13)7-4-3-6(12)5-8(7)16-10/h3-5H,2,13H2,1H3. The van der Waals surface area contributed by atoms with E-state index in [-0.39, 0.29) is 23.6 Å². The van der Waals surface area contributed by atoms with Gasteiger partial charge in [0.1, 0.15) is 11.4 Å². The number of hydrogen-bond acceptors (Lipinski definition) is 4. The maximum absolute atomic E-state index is 12.9. The van der Waals surface area contributed by atoms with E-state index in [1.165, 1.54) is 18.2 Å². The highest BCUT2D eigenvalue weighted by Crippen LogP contribution is 2.29. The molecule has 0 spiro atoms. The Bertz CT molecular complexity index is 547. The van der Waals surface area contributed by atoms with E-state index in [1.807, 2.05) is 0 Å². The fourth-order valence-electron chi connectivity index (χ4n) is 1.44. The van der Waals surface area contributed by atoms with Gasteiger partial charge in [0, 0.05) is 11.5 Å². The number of nitrogen functional groups attached to an aromatic ring is 1. The zero-order valence-corrected chi connectivity index (χ0v) is 8.62. The van der Waals surface area contributed by atoms with Crippen molar-refractivity contribution in [3.8, 4) is 0 Å². The molecule has 84 valence electrons. The summed E-state index contributed by atoms with van der Waals surface area (Å²) in [6.45, 7) is 1.90. The van der Waals surface area contributed by atoms with Crippen molar-refractivity contribution in [3.05, 3.63) is 29.8 Å². The number of ether oxygens (including phenoxy) is 1. The van der Waals surface area contributed by atoms with E-state index >= 15 is 0 Å². The van der Waals surface area contributed by atoms with Crippen molar-refractivity contribution in [3.63, 3.8) is 0 Å². The van der Waals surface area contributed by atoms with E-state index in [2.05, 4.69) is 0 Å². The van der Waals surface area contributed by atoms with Crippen LogP contribution in [0.3, 0.4) is 0 Å². The lowest BCUT2D eigenvalue weighted by Crippen LogP contribution is -2.05. The number of nitrogens with two attached hydrogens (primary N) is 1. The van der Waals surface area contributed by atoms with E-state index in [4.69, 9.17) is 14.9 Å². The van der Waals surface area contributed by atoms with Gasteiger partial charge in [0.2, 0.25) is 5.76 Å². The summed E-state index contributed by atoms with van der Waals surface area (Å²) < 4.78 is 22.8. The minimum atomic E-state index is -0.642. The second kappa shape index (κ2) is 3.84. The fourth-order valence-corrected chi connectivity index (χ4v) is 1.44. The normalized spacial score (nSPS) is 10.6. The van der Waals surface area contributed by atoms with Crippen molar-refractivity contribution in [2.24, 2.45) is 0 Å². The first-order valence-electron chi connectivity index (χ1n) is 4.78. The maximum Gasteiger partial charge on any atom is 0.376 e. The molecule has 1 aromatic heterocycles. The smallest absolute Gasteiger partial charge is 0.376 e. The number of carbonyl (C=O) groups excluding carboxylic acids is 1. The van der Waals surface area contributed by atoms with E-state index in [1.54, 1.807) is 6.92 Å². The molecular formula is C11H10FNO3. The van der Waals surface area contributed by atoms with Gasteiger partial charge in [-0.15, -0.1) is 0 Å². The molecule has 16 heavy (non-hydrogen) atoms. The second-order valence-electron chi connectivity index (χ2n) is 3.21. The van der Waals surface area contributed by atoms with Gasteiger partial charge in [-0.25, -0.2) is 9.18 Å². The van der Waals surface area contributed by atoms with Crippen molar-refractivity contribution in [1.82, 2.24) is 0 Å². The third-order valence-electron chi connectivity index (χ3n) is 2.15. The number of anilines is 1. The molecule has 2 aromatic rings. The molecule has 4 nitrogen and oxygen atoms in total. The second-order valence-corrected chi connectivity index (χ2v) is 3.21. The Labute approximate surface area is 90.8 Å². The Morgan fingerprint density at radius 3 is 3.00 bits per heavy atom. The van der Waals surface area contributed by atoms with Crippen LogP contribution in [0.1, 0.15) is 17.5 Å². The van der Waals surface area contributed by atoms with Crippen LogP contribution in [0.15, 0.2) is 22.6 Å². The average molecular weight is 223 g/mol. The van der Waals surface area contributed by atoms with Crippen molar-refractivity contribution in [1.29, 1.82) is 0 Å². The van der Waals surface area contributed by atoms with Gasteiger partial charge in [-0.05, 0) is 19.1 Å². The lowest BCUT2D eigenvalue weighted by molar-refractivity contribution is 0.0494. The van der Waals surface area contributed by atoms with Crippen molar-refractivity contribution in [2.45, 2.75) is 6.92 Å². The summed E-state index contributed by atoms with van der Waals surface area (Å²) in [6, 6.07) is 3.89. The first-order chi connectivity index (χ1) is 7.63. The van der Waals surface area contributed by atoms with Crippen molar-refractivity contribution >= 4 is 22.6 Å². The number of halogens is 1. The van der Waals surface area contributed by atoms with Gasteiger partial charge in [-0.2, -0.15) is 0 Å². The lowest BCUT2D eigenvalue weighted by Gasteiger charge is -1.97. The van der Waals surface area contributed by atoms with Gasteiger partial charge >= 0.3 is 5.97 Å². The number of rotatable bonds is 2. The van der Waals surface area contributed by atoms with E-state index in [0.717, 1.165) is 0 Å². The van der Waals surface area contributed by atoms with Crippen LogP contribution >= 0.6 is 0 Å². The van der Waals surface area contributed by atoms with Crippen LogP contribution < -0.4 is 5.73 Å². The molecule has 5 heteroatoms. The highest BCUT2D eigenvalue weighted by Gasteiger charge is 2.19. The summed E-state index contributed by atoms with van der Waals surface area (Å²) in [5.74, 6) is -1.17. The maximum atomic E-state index is 12.9. The predicted octanol–water partition coefficient (Wildman–Crippen LogP) is 2.33. The lowest BCUT2D eigenvalue weighted by atomic mass is 10.2. The molecule has 2 N–H and O–H groups in total. The molecule has 0 aliphatic heterocycles. The molecule has 1 heterocycles. The van der Waals surface area contributed by atoms with Gasteiger partial charge in [0.15, 0.2) is 0 Å². The molecule has 0 fully saturated rings. The van der Waals surface area contributed by atoms with Gasteiger partial charge in [-0.3, -0.25) is 0 Å². The molecular weight excluding hydrogens is 213 g/mol. The fraction of sp³-hybridized carbons (Fsp3) is 0.182. The quantitative estimate of drug-likeness (QED) is 0.793. The summed E-state index contributed by atoms with van der Waals surface area (Å²) >= 11 is 0. The Balaban J connectivity index is 2.55. The summed E-state index contributed by atoms with van der Waals surface area (Å²) in [5.41, 5.74) is 6.11. The third-order valence-corrected chi connectivity index (χ3v) is 2.15. The molecule has 2 rings (SSSR count). The van der Waals surface area contributed by atoms with E-state index in [9.17, 15) is 9.18 Å². The van der Waals surface area contributed by atoms with Crippen LogP contribution in [0, 0.1) is 5.82 Å². The Hall–Kier alpha value is -2.04. The number of furan rings is 1. The predicted molar refractivity (Wildman–Crippen MR) is 56.5 cm³/mol. The Kier molecular flexibility index (Phi) is 2.52. The van der Waals surface area contributed by atoms with Gasteiger partial charge in [0.05, 0.1) is 12.3 Å². The van der Waals surface area contributed by atoms with Crippen molar-refractivity contribution < 1.29 is 18.3 Å². The number of esters is 1. The SMILES string of the molecule is CCOC(=O)c1oc2cc(F)ccc2c1N. The molecule has 0 aliphatic carbocycles. The van der Waals surface area contributed by atoms with Gasteiger partial charge in [-0.1, -0.05) is 0 Å². The van der Waals surface area contributed by atoms with Gasteiger partial charge < -0.3 is 14.9 Å². The van der Waals surface area contributed by atoms with Crippen LogP contribution in [-0.4, -0.2) is 12.6 Å². The van der Waals surface area contributed by atoms with Crippen LogP contribution in [0.25, 0.3) is 11.0 Å². The molecule has 0 amide bonds. The topological polar surface area (TPSA) is 65.5 Å². The first kappa shape index (κ1) is 10.5. The first-order valence-corrected chi connectivity index (χ1v) is 4.78. The molecule has 0 aliphatic rings. The van der Waals surface area contributed by atoms with Crippen LogP contribution in [0.2, 0.25) is 0 Å². The summed E-state index contributed by atoms with van der Waals surface area (Å²) in [4.78, 5) is 11.4. The monoisotopic (exact) mass is 223 g/mol. The molecule has 0 bridgehead atoms. The van der Waals surface area contributed by atoms with Crippen LogP contribution in [0.5, 0.6) is 0 Å². The minimum absolute atomic E-state index is 0.0811. The Morgan fingerprint density at radius 2 is 2.31 bits per heavy atom. The van der Waals surface area contributed by atoms with E-state index < -0.39 is 11.8 Å². The molecule has 0 atom stereocenters. The largest absolute Gasteiger partial charge is 0.460 e. The average Bonchev–Trinajstić information content (AvgIpc) is 2.56. The summed E-state index contributed by atoms with van der Waals surface area (Å²) in [5, 5.41) is 0.504. The van der Waals surface area contributed by atoms with Crippen LogP contribution in [0.4, 0.5) is 10.1 Å². The zero-order valence-electron chi connectivity index (χ0n) is 8.62. The highest BCUT2D eigenvalue weighted by atomic mass is 19.1. The summed E-state index contributed by atoms with van der Waals surface area (Å²) in [6.07, 6.45) is 0.